The molecule has 1 aromatic carbocycles. The summed E-state index contributed by atoms with van der Waals surface area (Å²) in [4.78, 5) is 12.0. The van der Waals surface area contributed by atoms with Gasteiger partial charge in [0.25, 0.3) is 0 Å². The highest BCUT2D eigenvalue weighted by atomic mass is 32.2. The second-order valence-corrected chi connectivity index (χ2v) is 9.33. The zero-order valence-corrected chi connectivity index (χ0v) is 19.9. The van der Waals surface area contributed by atoms with Gasteiger partial charge in [0, 0.05) is 7.05 Å². The van der Waals surface area contributed by atoms with Crippen molar-refractivity contribution in [2.45, 2.75) is 101 Å². The van der Waals surface area contributed by atoms with Crippen molar-refractivity contribution in [2.24, 2.45) is 7.05 Å². The number of carboxylic acid groups (broad SMARTS) is 1. The number of carbonyl (C=O) groups is 1. The predicted octanol–water partition coefficient (Wildman–Crippen LogP) is 6.37. The molecular formula is C24H38N4O2S. The summed E-state index contributed by atoms with van der Waals surface area (Å²) in [6, 6.07) is 7.88. The van der Waals surface area contributed by atoms with Gasteiger partial charge in [-0.25, -0.2) is 4.68 Å². The first-order chi connectivity index (χ1) is 15.1. The van der Waals surface area contributed by atoms with Crippen LogP contribution in [0, 0.1) is 0 Å². The molecule has 7 heteroatoms. The van der Waals surface area contributed by atoms with E-state index in [1.54, 1.807) is 7.05 Å². The number of rotatable bonds is 17. The SMILES string of the molecule is CCCCCCCCCCCCCCc1ccccc1C(Sc1nnnn1C)C(=O)O. The van der Waals surface area contributed by atoms with Crippen molar-refractivity contribution in [2.75, 3.05) is 0 Å². The number of unbranched alkanes of at least 4 members (excludes halogenated alkanes) is 11. The first-order valence-corrected chi connectivity index (χ1v) is 12.7. The number of hydrogen-bond donors (Lipinski definition) is 1. The van der Waals surface area contributed by atoms with Crippen LogP contribution in [-0.2, 0) is 18.3 Å². The van der Waals surface area contributed by atoms with Crippen LogP contribution in [0.1, 0.15) is 100 Å². The molecule has 0 aliphatic rings. The normalized spacial score (nSPS) is 12.2. The number of aliphatic carboxylic acids is 1. The third kappa shape index (κ3) is 9.42. The Morgan fingerprint density at radius 3 is 2.10 bits per heavy atom. The van der Waals surface area contributed by atoms with Crippen LogP contribution in [-0.4, -0.2) is 31.3 Å². The number of aromatic nitrogens is 4. The molecule has 1 N–H and O–H groups in total. The quantitative estimate of drug-likeness (QED) is 0.224. The minimum absolute atomic E-state index is 0.507. The molecule has 1 heterocycles. The lowest BCUT2D eigenvalue weighted by Crippen LogP contribution is -2.11. The molecular weight excluding hydrogens is 408 g/mol. The second-order valence-electron chi connectivity index (χ2n) is 8.26. The molecule has 0 spiro atoms. The zero-order chi connectivity index (χ0) is 22.3. The molecule has 0 radical (unpaired) electrons. The van der Waals surface area contributed by atoms with Crippen molar-refractivity contribution >= 4 is 17.7 Å². The maximum absolute atomic E-state index is 12.0. The Morgan fingerprint density at radius 1 is 0.968 bits per heavy atom. The molecule has 1 atom stereocenters. The van der Waals surface area contributed by atoms with Crippen LogP contribution in [0.15, 0.2) is 29.4 Å². The van der Waals surface area contributed by atoms with Crippen molar-refractivity contribution in [3.8, 4) is 0 Å². The van der Waals surface area contributed by atoms with Gasteiger partial charge < -0.3 is 5.11 Å². The molecule has 31 heavy (non-hydrogen) atoms. The number of benzene rings is 1. The zero-order valence-electron chi connectivity index (χ0n) is 19.1. The van der Waals surface area contributed by atoms with E-state index in [9.17, 15) is 9.90 Å². The summed E-state index contributed by atoms with van der Waals surface area (Å²) in [6.07, 6.45) is 16.8. The van der Waals surface area contributed by atoms with Gasteiger partial charge in [-0.05, 0) is 34.4 Å². The third-order valence-corrected chi connectivity index (χ3v) is 6.91. The van der Waals surface area contributed by atoms with E-state index in [1.165, 1.54) is 87.1 Å². The summed E-state index contributed by atoms with van der Waals surface area (Å²) in [5, 5.41) is 21.0. The summed E-state index contributed by atoms with van der Waals surface area (Å²) in [5.41, 5.74) is 1.97. The van der Waals surface area contributed by atoms with Crippen LogP contribution in [0.2, 0.25) is 0 Å². The molecule has 6 nitrogen and oxygen atoms in total. The van der Waals surface area contributed by atoms with E-state index in [1.807, 2.05) is 18.2 Å². The number of hydrogen-bond acceptors (Lipinski definition) is 5. The lowest BCUT2D eigenvalue weighted by molar-refractivity contribution is -0.136. The summed E-state index contributed by atoms with van der Waals surface area (Å²) in [7, 11) is 1.72. The van der Waals surface area contributed by atoms with Gasteiger partial charge in [0.15, 0.2) is 0 Å². The smallest absolute Gasteiger partial charge is 0.321 e. The maximum atomic E-state index is 12.0. The number of tetrazole rings is 1. The lowest BCUT2D eigenvalue weighted by atomic mass is 9.98. The molecule has 1 unspecified atom stereocenters. The molecule has 0 aliphatic carbocycles. The first kappa shape index (κ1) is 25.4. The third-order valence-electron chi connectivity index (χ3n) is 5.67. The molecule has 2 rings (SSSR count). The summed E-state index contributed by atoms with van der Waals surface area (Å²) in [6.45, 7) is 2.26. The highest BCUT2D eigenvalue weighted by molar-refractivity contribution is 8.00. The Balaban J connectivity index is 1.72. The van der Waals surface area contributed by atoms with Crippen LogP contribution in [0.5, 0.6) is 0 Å². The van der Waals surface area contributed by atoms with Gasteiger partial charge >= 0.3 is 5.97 Å². The molecule has 2 aromatic rings. The Labute approximate surface area is 191 Å². The van der Waals surface area contributed by atoms with Crippen LogP contribution in [0.25, 0.3) is 0 Å². The van der Waals surface area contributed by atoms with Gasteiger partial charge in [0.2, 0.25) is 5.16 Å². The number of carboxylic acids is 1. The Bertz CT molecular complexity index is 766. The van der Waals surface area contributed by atoms with Crippen LogP contribution < -0.4 is 0 Å². The van der Waals surface area contributed by atoms with Crippen molar-refractivity contribution in [1.29, 1.82) is 0 Å². The van der Waals surface area contributed by atoms with Crippen molar-refractivity contribution in [3.63, 3.8) is 0 Å². The molecule has 0 saturated carbocycles. The highest BCUT2D eigenvalue weighted by Crippen LogP contribution is 2.36. The molecule has 0 aliphatic heterocycles. The fraction of sp³-hybridized carbons (Fsp3) is 0.667. The molecule has 172 valence electrons. The van der Waals surface area contributed by atoms with E-state index in [2.05, 4.69) is 28.5 Å². The summed E-state index contributed by atoms with van der Waals surface area (Å²) < 4.78 is 1.51. The molecule has 0 bridgehead atoms. The van der Waals surface area contributed by atoms with Gasteiger partial charge in [-0.15, -0.1) is 5.10 Å². The Kier molecular flexibility index (Phi) is 12.3. The van der Waals surface area contributed by atoms with Crippen LogP contribution >= 0.6 is 11.8 Å². The number of nitrogens with zero attached hydrogens (tertiary/aromatic N) is 4. The minimum Gasteiger partial charge on any atom is -0.480 e. The molecule has 1 aromatic heterocycles. The standard InChI is InChI=1S/C24H38N4O2S/c1-3-4-5-6-7-8-9-10-11-12-13-14-17-20-18-15-16-19-21(20)22(23(29)30)31-24-25-26-27-28(24)2/h15-16,18-19,22H,3-14,17H2,1-2H3,(H,29,30). The minimum atomic E-state index is -0.866. The monoisotopic (exact) mass is 446 g/mol. The van der Waals surface area contributed by atoms with Crippen LogP contribution in [0.4, 0.5) is 0 Å². The maximum Gasteiger partial charge on any atom is 0.321 e. The summed E-state index contributed by atoms with van der Waals surface area (Å²) >= 11 is 1.19. The van der Waals surface area contributed by atoms with Gasteiger partial charge in [-0.1, -0.05) is 114 Å². The van der Waals surface area contributed by atoms with Gasteiger partial charge in [-0.2, -0.15) is 0 Å². The Hall–Kier alpha value is -1.89. The van der Waals surface area contributed by atoms with E-state index in [0.29, 0.717) is 5.16 Å². The van der Waals surface area contributed by atoms with E-state index >= 15 is 0 Å². The van der Waals surface area contributed by atoms with Crippen molar-refractivity contribution < 1.29 is 9.90 Å². The van der Waals surface area contributed by atoms with E-state index in [-0.39, 0.29) is 0 Å². The second kappa shape index (κ2) is 15.0. The lowest BCUT2D eigenvalue weighted by Gasteiger charge is -2.16. The van der Waals surface area contributed by atoms with E-state index in [0.717, 1.165) is 24.0 Å². The fourth-order valence-electron chi connectivity index (χ4n) is 3.85. The fourth-order valence-corrected chi connectivity index (χ4v) is 4.79. The molecule has 0 fully saturated rings. The van der Waals surface area contributed by atoms with Crippen molar-refractivity contribution in [3.05, 3.63) is 35.4 Å². The van der Waals surface area contributed by atoms with Crippen LogP contribution in [0.3, 0.4) is 0 Å². The Morgan fingerprint density at radius 2 is 1.55 bits per heavy atom. The average molecular weight is 447 g/mol. The van der Waals surface area contributed by atoms with Gasteiger partial charge in [0.1, 0.15) is 5.25 Å². The first-order valence-electron chi connectivity index (χ1n) is 11.8. The predicted molar refractivity (Wildman–Crippen MR) is 126 cm³/mol. The summed E-state index contributed by atoms with van der Waals surface area (Å²) in [5.74, 6) is -0.866. The molecule has 0 saturated heterocycles. The average Bonchev–Trinajstić information content (AvgIpc) is 3.17. The van der Waals surface area contributed by atoms with Crippen molar-refractivity contribution in [1.82, 2.24) is 20.2 Å². The van der Waals surface area contributed by atoms with Gasteiger partial charge in [0.05, 0.1) is 0 Å². The van der Waals surface area contributed by atoms with E-state index < -0.39 is 11.2 Å². The largest absolute Gasteiger partial charge is 0.480 e. The molecule has 0 amide bonds. The number of thioether (sulfide) groups is 1. The number of aryl methyl sites for hydroxylation is 2. The van der Waals surface area contributed by atoms with Gasteiger partial charge in [-0.3, -0.25) is 4.79 Å². The topological polar surface area (TPSA) is 80.9 Å². The highest BCUT2D eigenvalue weighted by Gasteiger charge is 2.25. The van der Waals surface area contributed by atoms with E-state index in [4.69, 9.17) is 0 Å².